The number of esters is 1. The molecule has 0 bridgehead atoms. The summed E-state index contributed by atoms with van der Waals surface area (Å²) >= 11 is 0. The van der Waals surface area contributed by atoms with Crippen LogP contribution in [-0.2, 0) is 14.2 Å². The van der Waals surface area contributed by atoms with Crippen molar-refractivity contribution in [3.63, 3.8) is 0 Å². The van der Waals surface area contributed by atoms with E-state index >= 15 is 0 Å². The molecular weight excluding hydrogens is 241 g/mol. The van der Waals surface area contributed by atoms with Crippen molar-refractivity contribution >= 4 is 15.0 Å². The smallest absolute Gasteiger partial charge is 0.325 e. The molecule has 3 atom stereocenters. The number of unbranched alkanes of at least 4 members (excludes halogenated alkanes) is 1. The summed E-state index contributed by atoms with van der Waals surface area (Å²) in [7, 11) is -0.679. The predicted octanol–water partition coefficient (Wildman–Crippen LogP) is 2.30. The number of ether oxygens (including phenoxy) is 1. The number of rotatable bonds is 10. The van der Waals surface area contributed by atoms with Gasteiger partial charge in [-0.25, -0.2) is 0 Å². The Morgan fingerprint density at radius 3 is 2.59 bits per heavy atom. The molecule has 0 aromatic rings. The SMILES string of the molecule is CCCCC(CCC)OC(=O)C(C)NOPO. The summed E-state index contributed by atoms with van der Waals surface area (Å²) in [5.74, 6) is -0.335. The summed E-state index contributed by atoms with van der Waals surface area (Å²) in [6.45, 7) is 5.83. The summed E-state index contributed by atoms with van der Waals surface area (Å²) in [6, 6.07) is -0.560. The normalized spacial score (nSPS) is 15.1. The van der Waals surface area contributed by atoms with Crippen LogP contribution in [0.15, 0.2) is 0 Å². The van der Waals surface area contributed by atoms with Crippen molar-refractivity contribution in [1.82, 2.24) is 5.48 Å². The zero-order valence-electron chi connectivity index (χ0n) is 10.9. The predicted molar refractivity (Wildman–Crippen MR) is 68.5 cm³/mol. The van der Waals surface area contributed by atoms with Crippen LogP contribution < -0.4 is 5.48 Å². The van der Waals surface area contributed by atoms with Gasteiger partial charge in [-0.1, -0.05) is 33.1 Å². The van der Waals surface area contributed by atoms with Gasteiger partial charge in [0.15, 0.2) is 9.03 Å². The molecule has 0 aliphatic carbocycles. The molecule has 0 spiro atoms. The third-order valence-corrected chi connectivity index (χ3v) is 2.62. The first-order chi connectivity index (χ1) is 8.15. The van der Waals surface area contributed by atoms with E-state index in [1.807, 2.05) is 0 Å². The highest BCUT2D eigenvalue weighted by atomic mass is 31.1. The molecule has 0 aliphatic heterocycles. The molecule has 17 heavy (non-hydrogen) atoms. The van der Waals surface area contributed by atoms with E-state index in [1.54, 1.807) is 6.92 Å². The number of carbonyl (C=O) groups excluding carboxylic acids is 1. The topological polar surface area (TPSA) is 67.8 Å². The van der Waals surface area contributed by atoms with Gasteiger partial charge in [0.25, 0.3) is 0 Å². The fourth-order valence-corrected chi connectivity index (χ4v) is 1.67. The van der Waals surface area contributed by atoms with Gasteiger partial charge in [0.2, 0.25) is 0 Å². The lowest BCUT2D eigenvalue weighted by atomic mass is 10.1. The lowest BCUT2D eigenvalue weighted by molar-refractivity contribution is -0.154. The number of hydroxylamine groups is 1. The van der Waals surface area contributed by atoms with Crippen LogP contribution in [0, 0.1) is 0 Å². The average molecular weight is 265 g/mol. The molecule has 0 saturated heterocycles. The number of hydrogen-bond acceptors (Lipinski definition) is 5. The maximum absolute atomic E-state index is 11.7. The third-order valence-electron chi connectivity index (χ3n) is 2.41. The van der Waals surface area contributed by atoms with E-state index in [9.17, 15) is 4.79 Å². The second-order valence-electron chi connectivity index (χ2n) is 4.02. The van der Waals surface area contributed by atoms with Crippen LogP contribution in [0.25, 0.3) is 0 Å². The molecule has 0 amide bonds. The van der Waals surface area contributed by atoms with Crippen LogP contribution in [-0.4, -0.2) is 23.0 Å². The van der Waals surface area contributed by atoms with Gasteiger partial charge < -0.3 is 9.63 Å². The Morgan fingerprint density at radius 1 is 1.35 bits per heavy atom. The van der Waals surface area contributed by atoms with Crippen molar-refractivity contribution in [3.8, 4) is 0 Å². The Morgan fingerprint density at radius 2 is 2.06 bits per heavy atom. The van der Waals surface area contributed by atoms with E-state index in [4.69, 9.17) is 9.63 Å². The van der Waals surface area contributed by atoms with Crippen LogP contribution >= 0.6 is 9.03 Å². The monoisotopic (exact) mass is 265 g/mol. The number of hydrogen-bond donors (Lipinski definition) is 2. The molecule has 0 heterocycles. The molecule has 2 N–H and O–H groups in total. The summed E-state index contributed by atoms with van der Waals surface area (Å²) < 4.78 is 9.96. The lowest BCUT2D eigenvalue weighted by Gasteiger charge is -2.19. The molecular formula is C11H24NO4P. The van der Waals surface area contributed by atoms with Gasteiger partial charge in [-0.05, 0) is 19.8 Å². The van der Waals surface area contributed by atoms with Crippen LogP contribution in [0.1, 0.15) is 52.9 Å². The van der Waals surface area contributed by atoms with Crippen LogP contribution in [0.4, 0.5) is 0 Å². The minimum Gasteiger partial charge on any atom is -0.461 e. The molecule has 5 nitrogen and oxygen atoms in total. The first-order valence-electron chi connectivity index (χ1n) is 6.16. The molecule has 0 aromatic heterocycles. The molecule has 0 aromatic carbocycles. The fraction of sp³-hybridized carbons (Fsp3) is 0.909. The maximum Gasteiger partial charge on any atom is 0.325 e. The van der Waals surface area contributed by atoms with Gasteiger partial charge in [-0.3, -0.25) is 9.42 Å². The van der Waals surface area contributed by atoms with Crippen LogP contribution in [0.2, 0.25) is 0 Å². The second-order valence-corrected chi connectivity index (χ2v) is 4.41. The van der Waals surface area contributed by atoms with Gasteiger partial charge in [0.05, 0.1) is 0 Å². The van der Waals surface area contributed by atoms with E-state index in [-0.39, 0.29) is 12.1 Å². The Bertz CT molecular complexity index is 204. The highest BCUT2D eigenvalue weighted by Gasteiger charge is 2.19. The Labute approximate surface area is 105 Å². The summed E-state index contributed by atoms with van der Waals surface area (Å²) in [4.78, 5) is 20.1. The molecule has 0 saturated carbocycles. The molecule has 0 aliphatic rings. The molecule has 0 rings (SSSR count). The largest absolute Gasteiger partial charge is 0.461 e. The van der Waals surface area contributed by atoms with Gasteiger partial charge >= 0.3 is 5.97 Å². The Kier molecular flexibility index (Phi) is 10.8. The van der Waals surface area contributed by atoms with Gasteiger partial charge in [0.1, 0.15) is 12.1 Å². The van der Waals surface area contributed by atoms with E-state index in [0.717, 1.165) is 32.1 Å². The minimum absolute atomic E-state index is 0.00623. The molecule has 0 fully saturated rings. The van der Waals surface area contributed by atoms with E-state index in [2.05, 4.69) is 24.0 Å². The quantitative estimate of drug-likeness (QED) is 0.360. The lowest BCUT2D eigenvalue weighted by Crippen LogP contribution is -2.36. The minimum atomic E-state index is -0.679. The van der Waals surface area contributed by atoms with Gasteiger partial charge in [-0.2, -0.15) is 5.48 Å². The van der Waals surface area contributed by atoms with Crippen molar-refractivity contribution in [2.45, 2.75) is 65.0 Å². The van der Waals surface area contributed by atoms with Crippen molar-refractivity contribution in [2.24, 2.45) is 0 Å². The molecule has 3 unspecified atom stereocenters. The van der Waals surface area contributed by atoms with Gasteiger partial charge in [-0.15, -0.1) is 0 Å². The molecule has 0 radical (unpaired) electrons. The fourth-order valence-electron chi connectivity index (χ4n) is 1.45. The van der Waals surface area contributed by atoms with E-state index in [1.165, 1.54) is 0 Å². The first kappa shape index (κ1) is 16.8. The van der Waals surface area contributed by atoms with E-state index < -0.39 is 15.1 Å². The van der Waals surface area contributed by atoms with Crippen molar-refractivity contribution in [3.05, 3.63) is 0 Å². The Hall–Kier alpha value is -0.220. The molecule has 6 heteroatoms. The van der Waals surface area contributed by atoms with Crippen molar-refractivity contribution in [1.29, 1.82) is 0 Å². The summed E-state index contributed by atoms with van der Waals surface area (Å²) in [5.41, 5.74) is 2.42. The summed E-state index contributed by atoms with van der Waals surface area (Å²) in [5, 5.41) is 0. The Balaban J connectivity index is 4.00. The van der Waals surface area contributed by atoms with Gasteiger partial charge in [0, 0.05) is 0 Å². The number of nitrogens with one attached hydrogen (secondary N) is 1. The zero-order chi connectivity index (χ0) is 13.1. The third kappa shape index (κ3) is 8.50. The second kappa shape index (κ2) is 10.9. The maximum atomic E-state index is 11.7. The zero-order valence-corrected chi connectivity index (χ0v) is 11.9. The standard InChI is InChI=1S/C11H24NO4P/c1-4-6-8-10(7-5-2)15-11(13)9(3)12-16-17-14/h9-10,12,14,17H,4-8H2,1-3H3. The van der Waals surface area contributed by atoms with Crippen molar-refractivity contribution in [2.75, 3.05) is 0 Å². The van der Waals surface area contributed by atoms with Crippen LogP contribution in [0.5, 0.6) is 0 Å². The summed E-state index contributed by atoms with van der Waals surface area (Å²) in [6.07, 6.45) is 4.95. The van der Waals surface area contributed by atoms with Crippen LogP contribution in [0.3, 0.4) is 0 Å². The van der Waals surface area contributed by atoms with Crippen molar-refractivity contribution < 1.29 is 19.0 Å². The average Bonchev–Trinajstić information content (AvgIpc) is 2.33. The first-order valence-corrected chi connectivity index (χ1v) is 7.02. The molecule has 102 valence electrons. The highest BCUT2D eigenvalue weighted by molar-refractivity contribution is 7.24. The highest BCUT2D eigenvalue weighted by Crippen LogP contribution is 2.12. The number of carbonyl (C=O) groups is 1. The van der Waals surface area contributed by atoms with E-state index in [0.29, 0.717) is 0 Å².